The van der Waals surface area contributed by atoms with Crippen LogP contribution in [0.25, 0.3) is 0 Å². The molecule has 1 amide bonds. The number of halogens is 1. The average molecular weight is 251 g/mol. The Morgan fingerprint density at radius 2 is 2.12 bits per heavy atom. The van der Waals surface area contributed by atoms with E-state index in [1.54, 1.807) is 0 Å². The second kappa shape index (κ2) is 6.97. The maximum atomic E-state index is 11.3. The van der Waals surface area contributed by atoms with Gasteiger partial charge in [-0.1, -0.05) is 6.42 Å². The third-order valence-electron chi connectivity index (χ3n) is 2.30. The summed E-state index contributed by atoms with van der Waals surface area (Å²) >= 11 is 0. The molecule has 1 heterocycles. The van der Waals surface area contributed by atoms with Gasteiger partial charge < -0.3 is 15.4 Å². The number of alkyl carbamates (subject to hydrolysis) is 1. The Bertz CT molecular complexity index is 211. The molecule has 0 aromatic heterocycles. The van der Waals surface area contributed by atoms with E-state index in [2.05, 4.69) is 10.6 Å². The van der Waals surface area contributed by atoms with Gasteiger partial charge in [-0.2, -0.15) is 0 Å². The van der Waals surface area contributed by atoms with Crippen LogP contribution in [0.3, 0.4) is 0 Å². The second-order valence-electron chi connectivity index (χ2n) is 5.03. The molecule has 96 valence electrons. The van der Waals surface area contributed by atoms with Gasteiger partial charge in [0.25, 0.3) is 0 Å². The molecule has 0 aromatic rings. The number of carbonyl (C=O) groups is 1. The first-order chi connectivity index (χ1) is 6.97. The molecule has 1 fully saturated rings. The largest absolute Gasteiger partial charge is 0.444 e. The van der Waals surface area contributed by atoms with Crippen molar-refractivity contribution in [1.29, 1.82) is 0 Å². The molecule has 1 aliphatic heterocycles. The number of hydrogen-bond donors (Lipinski definition) is 2. The van der Waals surface area contributed by atoms with Crippen LogP contribution in [-0.2, 0) is 4.74 Å². The fraction of sp³-hybridized carbons (Fsp3) is 0.909. The van der Waals surface area contributed by atoms with Crippen molar-refractivity contribution in [3.63, 3.8) is 0 Å². The summed E-state index contributed by atoms with van der Waals surface area (Å²) in [4.78, 5) is 11.3. The number of piperidine rings is 1. The van der Waals surface area contributed by atoms with E-state index in [4.69, 9.17) is 4.74 Å². The van der Waals surface area contributed by atoms with Gasteiger partial charge in [-0.05, 0) is 40.2 Å². The van der Waals surface area contributed by atoms with Crippen molar-refractivity contribution >= 4 is 18.5 Å². The molecule has 0 aromatic carbocycles. The van der Waals surface area contributed by atoms with E-state index < -0.39 is 5.60 Å². The number of ether oxygens (including phenoxy) is 1. The minimum absolute atomic E-state index is 0. The normalized spacial score (nSPS) is 20.8. The number of carbonyl (C=O) groups excluding carboxylic acids is 1. The quantitative estimate of drug-likeness (QED) is 0.789. The Kier molecular flexibility index (Phi) is 6.76. The lowest BCUT2D eigenvalue weighted by Crippen LogP contribution is -2.44. The fourth-order valence-electron chi connectivity index (χ4n) is 1.62. The van der Waals surface area contributed by atoms with Crippen LogP contribution in [0, 0.1) is 0 Å². The standard InChI is InChI=1S/C11H22N2O2.ClH/c1-11(2,3)15-10(14)13-8-9-6-4-5-7-12-9;/h9,12H,4-8H2,1-3H3,(H,13,14);1H/t9-;/m0./s1. The lowest BCUT2D eigenvalue weighted by atomic mass is 10.1. The lowest BCUT2D eigenvalue weighted by molar-refractivity contribution is 0.0520. The van der Waals surface area contributed by atoms with Crippen molar-refractivity contribution < 1.29 is 9.53 Å². The summed E-state index contributed by atoms with van der Waals surface area (Å²) < 4.78 is 5.15. The van der Waals surface area contributed by atoms with Gasteiger partial charge in [0.2, 0.25) is 0 Å². The maximum Gasteiger partial charge on any atom is 0.407 e. The van der Waals surface area contributed by atoms with Crippen molar-refractivity contribution in [3.05, 3.63) is 0 Å². The molecular formula is C11H23ClN2O2. The van der Waals surface area contributed by atoms with Crippen molar-refractivity contribution in [2.75, 3.05) is 13.1 Å². The van der Waals surface area contributed by atoms with E-state index >= 15 is 0 Å². The minimum Gasteiger partial charge on any atom is -0.444 e. The molecule has 2 N–H and O–H groups in total. The van der Waals surface area contributed by atoms with Crippen LogP contribution in [0.2, 0.25) is 0 Å². The number of nitrogens with one attached hydrogen (secondary N) is 2. The third-order valence-corrected chi connectivity index (χ3v) is 2.30. The molecule has 1 saturated heterocycles. The highest BCUT2D eigenvalue weighted by Crippen LogP contribution is 2.08. The molecule has 16 heavy (non-hydrogen) atoms. The van der Waals surface area contributed by atoms with Crippen LogP contribution < -0.4 is 10.6 Å². The molecule has 0 radical (unpaired) electrons. The zero-order chi connectivity index (χ0) is 11.3. The highest BCUT2D eigenvalue weighted by molar-refractivity contribution is 5.85. The predicted octanol–water partition coefficient (Wildman–Crippen LogP) is 2.07. The molecule has 1 rings (SSSR count). The summed E-state index contributed by atoms with van der Waals surface area (Å²) in [6, 6.07) is 0.409. The van der Waals surface area contributed by atoms with Gasteiger partial charge in [-0.3, -0.25) is 0 Å². The van der Waals surface area contributed by atoms with E-state index in [1.807, 2.05) is 20.8 Å². The average Bonchev–Trinajstić information content (AvgIpc) is 2.14. The van der Waals surface area contributed by atoms with Crippen LogP contribution in [0.15, 0.2) is 0 Å². The molecular weight excluding hydrogens is 228 g/mol. The van der Waals surface area contributed by atoms with E-state index in [0.717, 1.165) is 13.0 Å². The van der Waals surface area contributed by atoms with E-state index in [0.29, 0.717) is 12.6 Å². The van der Waals surface area contributed by atoms with Gasteiger partial charge in [-0.25, -0.2) is 4.79 Å². The maximum absolute atomic E-state index is 11.3. The molecule has 1 aliphatic rings. The van der Waals surface area contributed by atoms with Crippen LogP contribution in [-0.4, -0.2) is 30.8 Å². The summed E-state index contributed by atoms with van der Waals surface area (Å²) in [7, 11) is 0. The van der Waals surface area contributed by atoms with Gasteiger partial charge in [0.1, 0.15) is 5.60 Å². The second-order valence-corrected chi connectivity index (χ2v) is 5.03. The van der Waals surface area contributed by atoms with E-state index in [9.17, 15) is 4.79 Å². The van der Waals surface area contributed by atoms with Crippen LogP contribution in [0.5, 0.6) is 0 Å². The number of hydrogen-bond acceptors (Lipinski definition) is 3. The molecule has 5 heteroatoms. The molecule has 4 nitrogen and oxygen atoms in total. The van der Waals surface area contributed by atoms with Crippen molar-refractivity contribution in [3.8, 4) is 0 Å². The first kappa shape index (κ1) is 15.5. The Labute approximate surface area is 104 Å². The predicted molar refractivity (Wildman–Crippen MR) is 67.1 cm³/mol. The van der Waals surface area contributed by atoms with Gasteiger partial charge in [0.05, 0.1) is 0 Å². The summed E-state index contributed by atoms with van der Waals surface area (Å²) in [5, 5.41) is 6.15. The minimum atomic E-state index is -0.413. The van der Waals surface area contributed by atoms with Gasteiger partial charge in [0.15, 0.2) is 0 Å². The lowest BCUT2D eigenvalue weighted by Gasteiger charge is -2.25. The number of rotatable bonds is 2. The van der Waals surface area contributed by atoms with Crippen LogP contribution >= 0.6 is 12.4 Å². The Hall–Kier alpha value is -0.480. The third kappa shape index (κ3) is 6.90. The molecule has 0 saturated carbocycles. The summed E-state index contributed by atoms with van der Waals surface area (Å²) in [6.07, 6.45) is 3.29. The zero-order valence-electron chi connectivity index (χ0n) is 10.3. The monoisotopic (exact) mass is 250 g/mol. The molecule has 0 aliphatic carbocycles. The first-order valence-corrected chi connectivity index (χ1v) is 5.67. The molecule has 1 atom stereocenters. The fourth-order valence-corrected chi connectivity index (χ4v) is 1.62. The SMILES string of the molecule is CC(C)(C)OC(=O)NC[C@@H]1CCCCN1.Cl. The molecule has 0 spiro atoms. The number of amides is 1. The highest BCUT2D eigenvalue weighted by atomic mass is 35.5. The summed E-state index contributed by atoms with van der Waals surface area (Å²) in [6.45, 7) is 7.32. The molecule has 0 bridgehead atoms. The highest BCUT2D eigenvalue weighted by Gasteiger charge is 2.18. The zero-order valence-corrected chi connectivity index (χ0v) is 11.2. The van der Waals surface area contributed by atoms with E-state index in [-0.39, 0.29) is 18.5 Å². The van der Waals surface area contributed by atoms with Crippen LogP contribution in [0.4, 0.5) is 4.79 Å². The van der Waals surface area contributed by atoms with Crippen molar-refractivity contribution in [2.45, 2.75) is 51.7 Å². The van der Waals surface area contributed by atoms with Crippen molar-refractivity contribution in [2.24, 2.45) is 0 Å². The smallest absolute Gasteiger partial charge is 0.407 e. The first-order valence-electron chi connectivity index (χ1n) is 5.67. The van der Waals surface area contributed by atoms with Crippen LogP contribution in [0.1, 0.15) is 40.0 Å². The Balaban J connectivity index is 0.00000225. The molecule has 0 unspecified atom stereocenters. The van der Waals surface area contributed by atoms with Gasteiger partial charge in [-0.15, -0.1) is 12.4 Å². The Morgan fingerprint density at radius 3 is 2.62 bits per heavy atom. The van der Waals surface area contributed by atoms with E-state index in [1.165, 1.54) is 12.8 Å². The topological polar surface area (TPSA) is 50.4 Å². The summed E-state index contributed by atoms with van der Waals surface area (Å²) in [5.74, 6) is 0. The Morgan fingerprint density at radius 1 is 1.44 bits per heavy atom. The van der Waals surface area contributed by atoms with Gasteiger partial charge in [0, 0.05) is 12.6 Å². The van der Waals surface area contributed by atoms with Gasteiger partial charge >= 0.3 is 6.09 Å². The summed E-state index contributed by atoms with van der Waals surface area (Å²) in [5.41, 5.74) is -0.413. The van der Waals surface area contributed by atoms with Crippen molar-refractivity contribution in [1.82, 2.24) is 10.6 Å².